The number of hydrogen-bond acceptors (Lipinski definition) is 0. The molecule has 0 radical (unpaired) electrons. The van der Waals surface area contributed by atoms with Crippen LogP contribution in [0.25, 0.3) is 10.8 Å². The molecule has 0 aliphatic rings. The second-order valence-electron chi connectivity index (χ2n) is 8.12. The quantitative estimate of drug-likeness (QED) is 0.441. The van der Waals surface area contributed by atoms with Gasteiger partial charge in [-0.1, -0.05) is 76.2 Å². The molecular formula is C26H34. The summed E-state index contributed by atoms with van der Waals surface area (Å²) in [4.78, 5) is 0. The minimum Gasteiger partial charge on any atom is -0.0616 e. The van der Waals surface area contributed by atoms with Gasteiger partial charge in [-0.05, 0) is 83.7 Å². The van der Waals surface area contributed by atoms with Crippen molar-refractivity contribution < 1.29 is 0 Å². The first-order valence-electron chi connectivity index (χ1n) is 9.78. The van der Waals surface area contributed by atoms with E-state index in [-0.39, 0.29) is 0 Å². The van der Waals surface area contributed by atoms with Crippen molar-refractivity contribution in [3.8, 4) is 0 Å². The van der Waals surface area contributed by atoms with Gasteiger partial charge in [-0.25, -0.2) is 0 Å². The molecule has 0 atom stereocenters. The fraction of sp³-hybridized carbons (Fsp3) is 0.385. The monoisotopic (exact) mass is 346 g/mol. The van der Waals surface area contributed by atoms with Gasteiger partial charge in [0.2, 0.25) is 0 Å². The molecule has 0 nitrogen and oxygen atoms in total. The Balaban J connectivity index is 0.000000190. The molecule has 3 aromatic carbocycles. The van der Waals surface area contributed by atoms with Crippen LogP contribution >= 0.6 is 0 Å². The van der Waals surface area contributed by atoms with Gasteiger partial charge in [0, 0.05) is 0 Å². The Bertz CT molecular complexity index is 882. The second kappa shape index (κ2) is 8.54. The van der Waals surface area contributed by atoms with Gasteiger partial charge in [0.25, 0.3) is 0 Å². The van der Waals surface area contributed by atoms with Gasteiger partial charge >= 0.3 is 0 Å². The van der Waals surface area contributed by atoms with Gasteiger partial charge in [0.1, 0.15) is 0 Å². The molecular weight excluding hydrogens is 312 g/mol. The average Bonchev–Trinajstić information content (AvgIpc) is 2.58. The first-order chi connectivity index (χ1) is 12.2. The number of fused-ring (bicyclic) bond motifs is 1. The van der Waals surface area contributed by atoms with E-state index in [9.17, 15) is 0 Å². The Kier molecular flexibility index (Phi) is 6.64. The molecule has 0 unspecified atom stereocenters. The van der Waals surface area contributed by atoms with E-state index in [1.807, 2.05) is 0 Å². The first kappa shape index (κ1) is 20.2. The van der Waals surface area contributed by atoms with E-state index in [1.165, 1.54) is 44.2 Å². The second-order valence-corrected chi connectivity index (χ2v) is 8.12. The highest BCUT2D eigenvalue weighted by atomic mass is 14.1. The van der Waals surface area contributed by atoms with Crippen molar-refractivity contribution in [3.63, 3.8) is 0 Å². The highest BCUT2D eigenvalue weighted by molar-refractivity contribution is 5.88. The molecule has 0 N–H and O–H groups in total. The van der Waals surface area contributed by atoms with Crippen molar-refractivity contribution in [1.82, 2.24) is 0 Å². The van der Waals surface area contributed by atoms with Crippen LogP contribution in [0.5, 0.6) is 0 Å². The molecule has 3 aromatic rings. The van der Waals surface area contributed by atoms with Gasteiger partial charge < -0.3 is 0 Å². The zero-order chi connectivity index (χ0) is 19.4. The predicted octanol–water partition coefficient (Wildman–Crippen LogP) is 8.01. The topological polar surface area (TPSA) is 0 Å². The summed E-state index contributed by atoms with van der Waals surface area (Å²) in [6.45, 7) is 17.7. The summed E-state index contributed by atoms with van der Waals surface area (Å²) in [7, 11) is 0. The lowest BCUT2D eigenvalue weighted by atomic mass is 9.94. The molecule has 0 heterocycles. The Labute approximate surface area is 160 Å². The van der Waals surface area contributed by atoms with Crippen LogP contribution in [0.3, 0.4) is 0 Å². The zero-order valence-electron chi connectivity index (χ0n) is 17.8. The molecule has 0 aliphatic heterocycles. The summed E-state index contributed by atoms with van der Waals surface area (Å²) in [6.07, 6.45) is 0. The number of hydrogen-bond donors (Lipinski definition) is 0. The van der Waals surface area contributed by atoms with Crippen molar-refractivity contribution in [2.45, 2.75) is 67.2 Å². The van der Waals surface area contributed by atoms with Crippen LogP contribution in [0, 0.1) is 27.7 Å². The summed E-state index contributed by atoms with van der Waals surface area (Å²) in [5.74, 6) is 1.24. The van der Waals surface area contributed by atoms with Crippen molar-refractivity contribution >= 4 is 10.8 Å². The lowest BCUT2D eigenvalue weighted by molar-refractivity contribution is 0.853. The van der Waals surface area contributed by atoms with E-state index >= 15 is 0 Å². The molecule has 26 heavy (non-hydrogen) atoms. The fourth-order valence-corrected chi connectivity index (χ4v) is 3.58. The molecule has 0 saturated heterocycles. The summed E-state index contributed by atoms with van der Waals surface area (Å²) in [5.41, 5.74) is 8.53. The lowest BCUT2D eigenvalue weighted by Crippen LogP contribution is -1.94. The van der Waals surface area contributed by atoms with Crippen molar-refractivity contribution in [1.29, 1.82) is 0 Å². The standard InChI is InChI=1S/C14H16.C12H18/c1-10(2)12-9-8-11(3)13-6-4-5-7-14(12)13;1-8(2)12-7-10(4)9(3)6-11(12)5/h4-10H,1-3H3;6-8H,1-5H3. The summed E-state index contributed by atoms with van der Waals surface area (Å²) < 4.78 is 0. The van der Waals surface area contributed by atoms with Gasteiger partial charge in [-0.2, -0.15) is 0 Å². The van der Waals surface area contributed by atoms with Crippen LogP contribution < -0.4 is 0 Å². The van der Waals surface area contributed by atoms with Crippen LogP contribution in [0.2, 0.25) is 0 Å². The lowest BCUT2D eigenvalue weighted by Gasteiger charge is -2.12. The summed E-state index contributed by atoms with van der Waals surface area (Å²) in [6, 6.07) is 17.7. The largest absolute Gasteiger partial charge is 0.0616 e. The van der Waals surface area contributed by atoms with Crippen molar-refractivity contribution in [3.05, 3.63) is 81.9 Å². The number of aryl methyl sites for hydroxylation is 4. The third-order valence-electron chi connectivity index (χ3n) is 5.30. The van der Waals surface area contributed by atoms with Gasteiger partial charge in [0.05, 0.1) is 0 Å². The molecule has 0 amide bonds. The van der Waals surface area contributed by atoms with Crippen molar-refractivity contribution in [2.24, 2.45) is 0 Å². The highest BCUT2D eigenvalue weighted by Gasteiger charge is 2.06. The first-order valence-corrected chi connectivity index (χ1v) is 9.78. The zero-order valence-corrected chi connectivity index (χ0v) is 17.8. The third-order valence-corrected chi connectivity index (χ3v) is 5.30. The molecule has 3 rings (SSSR count). The van der Waals surface area contributed by atoms with Crippen LogP contribution in [-0.2, 0) is 0 Å². The van der Waals surface area contributed by atoms with E-state index in [0.29, 0.717) is 11.8 Å². The van der Waals surface area contributed by atoms with Crippen LogP contribution in [-0.4, -0.2) is 0 Å². The van der Waals surface area contributed by atoms with Crippen LogP contribution in [0.15, 0.2) is 48.5 Å². The van der Waals surface area contributed by atoms with E-state index in [2.05, 4.69) is 104 Å². The third kappa shape index (κ3) is 4.55. The molecule has 0 saturated carbocycles. The molecule has 0 aliphatic carbocycles. The molecule has 0 aromatic heterocycles. The molecule has 0 heteroatoms. The number of rotatable bonds is 2. The molecule has 138 valence electrons. The smallest absolute Gasteiger partial charge is 0.0147 e. The van der Waals surface area contributed by atoms with Crippen molar-refractivity contribution in [2.75, 3.05) is 0 Å². The Morgan fingerprint density at radius 2 is 1.04 bits per heavy atom. The fourth-order valence-electron chi connectivity index (χ4n) is 3.58. The van der Waals surface area contributed by atoms with Gasteiger partial charge in [-0.3, -0.25) is 0 Å². The summed E-state index contributed by atoms with van der Waals surface area (Å²) in [5, 5.41) is 2.79. The van der Waals surface area contributed by atoms with Gasteiger partial charge in [-0.15, -0.1) is 0 Å². The SMILES string of the molecule is Cc1cc(C)c(C(C)C)cc1C.Cc1ccc(C(C)C)c2ccccc12. The number of benzene rings is 3. The van der Waals surface area contributed by atoms with Gasteiger partial charge in [0.15, 0.2) is 0 Å². The maximum absolute atomic E-state index is 2.31. The van der Waals surface area contributed by atoms with E-state index in [4.69, 9.17) is 0 Å². The highest BCUT2D eigenvalue weighted by Crippen LogP contribution is 2.27. The van der Waals surface area contributed by atoms with Crippen LogP contribution in [0.4, 0.5) is 0 Å². The van der Waals surface area contributed by atoms with Crippen LogP contribution in [0.1, 0.15) is 72.9 Å². The normalized spacial score (nSPS) is 11.0. The Morgan fingerprint density at radius 1 is 0.500 bits per heavy atom. The van der Waals surface area contributed by atoms with E-state index < -0.39 is 0 Å². The maximum Gasteiger partial charge on any atom is -0.0147 e. The Morgan fingerprint density at radius 3 is 1.62 bits per heavy atom. The van der Waals surface area contributed by atoms with E-state index in [0.717, 1.165) is 0 Å². The minimum atomic E-state index is 0.598. The molecule has 0 bridgehead atoms. The Hall–Kier alpha value is -2.08. The average molecular weight is 347 g/mol. The molecule has 0 fully saturated rings. The molecule has 0 spiro atoms. The maximum atomic E-state index is 2.31. The van der Waals surface area contributed by atoms with E-state index in [1.54, 1.807) is 0 Å². The minimum absolute atomic E-state index is 0.598. The predicted molar refractivity (Wildman–Crippen MR) is 118 cm³/mol. The summed E-state index contributed by atoms with van der Waals surface area (Å²) >= 11 is 0.